The summed E-state index contributed by atoms with van der Waals surface area (Å²) in [7, 11) is 2.06. The van der Waals surface area contributed by atoms with Crippen LogP contribution in [0.3, 0.4) is 0 Å². The molecule has 2 atom stereocenters. The van der Waals surface area contributed by atoms with Crippen molar-refractivity contribution in [2.45, 2.75) is 12.5 Å². The molecule has 1 fully saturated rings. The van der Waals surface area contributed by atoms with E-state index in [4.69, 9.17) is 4.74 Å². The average Bonchev–Trinajstić information content (AvgIpc) is 2.78. The summed E-state index contributed by atoms with van der Waals surface area (Å²) in [4.78, 5) is 0. The highest BCUT2D eigenvalue weighted by molar-refractivity contribution is 7.99. The summed E-state index contributed by atoms with van der Waals surface area (Å²) in [6, 6.07) is 10.7. The molecule has 0 amide bonds. The third kappa shape index (κ3) is 3.16. The van der Waals surface area contributed by atoms with E-state index < -0.39 is 0 Å². The molecule has 3 heteroatoms. The van der Waals surface area contributed by atoms with Gasteiger partial charge in [-0.2, -0.15) is 11.8 Å². The number of para-hydroxylation sites is 1. The molecule has 1 N–H and O–H groups in total. The minimum absolute atomic E-state index is 0.671. The summed E-state index contributed by atoms with van der Waals surface area (Å²) < 4.78 is 5.72. The van der Waals surface area contributed by atoms with Gasteiger partial charge in [-0.3, -0.25) is 0 Å². The lowest BCUT2D eigenvalue weighted by molar-refractivity contribution is 0.271. The number of nitrogens with one attached hydrogen (secondary N) is 1. The van der Waals surface area contributed by atoms with Crippen LogP contribution in [-0.2, 0) is 0 Å². The molecule has 1 saturated heterocycles. The molecular weight excluding hydrogens is 218 g/mol. The van der Waals surface area contributed by atoms with Gasteiger partial charge in [-0.15, -0.1) is 0 Å². The van der Waals surface area contributed by atoms with Gasteiger partial charge in [0.25, 0.3) is 0 Å². The smallest absolute Gasteiger partial charge is 0.119 e. The van der Waals surface area contributed by atoms with Crippen LogP contribution in [0.25, 0.3) is 0 Å². The van der Waals surface area contributed by atoms with E-state index in [1.165, 1.54) is 11.5 Å². The van der Waals surface area contributed by atoms with E-state index in [0.29, 0.717) is 6.04 Å². The van der Waals surface area contributed by atoms with Crippen LogP contribution in [-0.4, -0.2) is 31.2 Å². The highest BCUT2D eigenvalue weighted by Crippen LogP contribution is 2.26. The zero-order chi connectivity index (χ0) is 11.2. The SMILES string of the molecule is CNC1CSCC1CCOc1ccccc1. The number of hydrogen-bond acceptors (Lipinski definition) is 3. The van der Waals surface area contributed by atoms with Crippen LogP contribution in [0.15, 0.2) is 30.3 Å². The van der Waals surface area contributed by atoms with Crippen molar-refractivity contribution in [3.05, 3.63) is 30.3 Å². The Labute approximate surface area is 102 Å². The Balaban J connectivity index is 1.72. The van der Waals surface area contributed by atoms with Gasteiger partial charge in [0, 0.05) is 11.8 Å². The van der Waals surface area contributed by atoms with Gasteiger partial charge in [-0.05, 0) is 37.3 Å². The van der Waals surface area contributed by atoms with Crippen LogP contribution in [0.5, 0.6) is 5.75 Å². The zero-order valence-corrected chi connectivity index (χ0v) is 10.5. The quantitative estimate of drug-likeness (QED) is 0.849. The molecule has 1 aliphatic rings. The van der Waals surface area contributed by atoms with Gasteiger partial charge in [0.15, 0.2) is 0 Å². The first-order chi connectivity index (χ1) is 7.90. The average molecular weight is 237 g/mol. The fourth-order valence-corrected chi connectivity index (χ4v) is 3.58. The van der Waals surface area contributed by atoms with E-state index in [-0.39, 0.29) is 0 Å². The molecule has 1 aromatic carbocycles. The highest BCUT2D eigenvalue weighted by Gasteiger charge is 2.25. The summed E-state index contributed by atoms with van der Waals surface area (Å²) in [6.07, 6.45) is 1.15. The molecule has 0 saturated carbocycles. The van der Waals surface area contributed by atoms with E-state index in [1.807, 2.05) is 42.1 Å². The first-order valence-corrected chi connectivity index (χ1v) is 6.98. The van der Waals surface area contributed by atoms with Gasteiger partial charge < -0.3 is 10.1 Å². The van der Waals surface area contributed by atoms with Crippen LogP contribution in [0, 0.1) is 5.92 Å². The predicted octanol–water partition coefficient (Wildman–Crippen LogP) is 2.41. The van der Waals surface area contributed by atoms with Crippen LogP contribution in [0.1, 0.15) is 6.42 Å². The lowest BCUT2D eigenvalue weighted by Gasteiger charge is -2.17. The molecular formula is C13H19NOS. The lowest BCUT2D eigenvalue weighted by atomic mass is 10.0. The molecule has 16 heavy (non-hydrogen) atoms. The Kier molecular flexibility index (Phi) is 4.55. The summed E-state index contributed by atoms with van der Waals surface area (Å²) in [5.41, 5.74) is 0. The van der Waals surface area contributed by atoms with E-state index >= 15 is 0 Å². The number of rotatable bonds is 5. The molecule has 0 bridgehead atoms. The molecule has 2 rings (SSSR count). The van der Waals surface area contributed by atoms with Gasteiger partial charge >= 0.3 is 0 Å². The number of thioether (sulfide) groups is 1. The van der Waals surface area contributed by atoms with E-state index in [0.717, 1.165) is 24.7 Å². The minimum atomic E-state index is 0.671. The van der Waals surface area contributed by atoms with Gasteiger partial charge in [0.05, 0.1) is 6.61 Å². The lowest BCUT2D eigenvalue weighted by Crippen LogP contribution is -2.33. The zero-order valence-electron chi connectivity index (χ0n) is 9.69. The maximum absolute atomic E-state index is 5.72. The first-order valence-electron chi connectivity index (χ1n) is 5.83. The second-order valence-electron chi connectivity index (χ2n) is 4.14. The molecule has 0 aromatic heterocycles. The van der Waals surface area contributed by atoms with Crippen LogP contribution >= 0.6 is 11.8 Å². The minimum Gasteiger partial charge on any atom is -0.494 e. The van der Waals surface area contributed by atoms with Crippen LogP contribution in [0.2, 0.25) is 0 Å². The Bertz CT molecular complexity index is 304. The molecule has 0 aliphatic carbocycles. The molecule has 2 nitrogen and oxygen atoms in total. The van der Waals surface area contributed by atoms with Crippen molar-refractivity contribution in [1.29, 1.82) is 0 Å². The summed E-state index contributed by atoms with van der Waals surface area (Å²) in [5, 5.41) is 3.39. The fraction of sp³-hybridized carbons (Fsp3) is 0.538. The number of ether oxygens (including phenoxy) is 1. The fourth-order valence-electron chi connectivity index (χ4n) is 2.05. The van der Waals surface area contributed by atoms with Gasteiger partial charge in [-0.25, -0.2) is 0 Å². The van der Waals surface area contributed by atoms with Gasteiger partial charge in [-0.1, -0.05) is 18.2 Å². The van der Waals surface area contributed by atoms with Gasteiger partial charge in [0.1, 0.15) is 5.75 Å². The van der Waals surface area contributed by atoms with Crippen molar-refractivity contribution >= 4 is 11.8 Å². The first kappa shape index (κ1) is 11.8. The van der Waals surface area contributed by atoms with Crippen LogP contribution < -0.4 is 10.1 Å². The summed E-state index contributed by atoms with van der Waals surface area (Å²) in [5.74, 6) is 4.25. The topological polar surface area (TPSA) is 21.3 Å². The molecule has 1 aromatic rings. The molecule has 2 unspecified atom stereocenters. The highest BCUT2D eigenvalue weighted by atomic mass is 32.2. The largest absolute Gasteiger partial charge is 0.494 e. The van der Waals surface area contributed by atoms with Crippen molar-refractivity contribution in [3.8, 4) is 5.75 Å². The summed E-state index contributed by atoms with van der Waals surface area (Å²) in [6.45, 7) is 0.827. The molecule has 0 spiro atoms. The van der Waals surface area contributed by atoms with Crippen molar-refractivity contribution in [2.75, 3.05) is 25.2 Å². The number of hydrogen-bond donors (Lipinski definition) is 1. The predicted molar refractivity (Wildman–Crippen MR) is 70.2 cm³/mol. The van der Waals surface area contributed by atoms with Crippen molar-refractivity contribution in [2.24, 2.45) is 5.92 Å². The second-order valence-corrected chi connectivity index (χ2v) is 5.22. The normalized spacial score (nSPS) is 24.6. The van der Waals surface area contributed by atoms with Crippen LogP contribution in [0.4, 0.5) is 0 Å². The summed E-state index contributed by atoms with van der Waals surface area (Å²) >= 11 is 2.04. The second kappa shape index (κ2) is 6.16. The maximum atomic E-state index is 5.72. The molecule has 0 radical (unpaired) electrons. The monoisotopic (exact) mass is 237 g/mol. The Hall–Kier alpha value is -0.670. The third-order valence-electron chi connectivity index (χ3n) is 3.07. The number of benzene rings is 1. The van der Waals surface area contributed by atoms with E-state index in [9.17, 15) is 0 Å². The Morgan fingerprint density at radius 3 is 2.88 bits per heavy atom. The van der Waals surface area contributed by atoms with E-state index in [2.05, 4.69) is 12.4 Å². The van der Waals surface area contributed by atoms with E-state index in [1.54, 1.807) is 0 Å². The third-order valence-corrected chi connectivity index (χ3v) is 4.33. The maximum Gasteiger partial charge on any atom is 0.119 e. The molecule has 1 heterocycles. The Morgan fingerprint density at radius 2 is 2.12 bits per heavy atom. The standard InChI is InChI=1S/C13H19NOS/c1-14-13-10-16-9-11(13)7-8-15-12-5-3-2-4-6-12/h2-6,11,13-14H,7-10H2,1H3. The Morgan fingerprint density at radius 1 is 1.31 bits per heavy atom. The van der Waals surface area contributed by atoms with Crippen molar-refractivity contribution in [3.63, 3.8) is 0 Å². The van der Waals surface area contributed by atoms with Crippen molar-refractivity contribution < 1.29 is 4.74 Å². The van der Waals surface area contributed by atoms with Crippen molar-refractivity contribution in [1.82, 2.24) is 5.32 Å². The van der Waals surface area contributed by atoms with Gasteiger partial charge in [0.2, 0.25) is 0 Å². The molecule has 88 valence electrons. The molecule has 1 aliphatic heterocycles.